The van der Waals surface area contributed by atoms with Crippen LogP contribution in [0.25, 0.3) is 0 Å². The summed E-state index contributed by atoms with van der Waals surface area (Å²) in [5, 5.41) is 9.19. The standard InChI is InChI=1S/C16H16N2O/c19-11-14-5-3-4-13(8-14)10-18-12-17-9-15-6-1-2-7-16(15)18/h1-9,19H,10-12H2. The van der Waals surface area contributed by atoms with Crippen LogP contribution in [0.1, 0.15) is 16.7 Å². The van der Waals surface area contributed by atoms with Gasteiger partial charge in [-0.05, 0) is 17.2 Å². The number of anilines is 1. The summed E-state index contributed by atoms with van der Waals surface area (Å²) in [6, 6.07) is 16.3. The summed E-state index contributed by atoms with van der Waals surface area (Å²) >= 11 is 0. The molecule has 0 radical (unpaired) electrons. The van der Waals surface area contributed by atoms with Crippen molar-refractivity contribution in [2.24, 2.45) is 4.99 Å². The molecule has 0 fully saturated rings. The minimum atomic E-state index is 0.0859. The molecule has 0 atom stereocenters. The predicted molar refractivity (Wildman–Crippen MR) is 77.5 cm³/mol. The summed E-state index contributed by atoms with van der Waals surface area (Å²) in [6.07, 6.45) is 1.93. The smallest absolute Gasteiger partial charge is 0.110 e. The largest absolute Gasteiger partial charge is 0.392 e. The van der Waals surface area contributed by atoms with E-state index < -0.39 is 0 Å². The fraction of sp³-hybridized carbons (Fsp3) is 0.188. The van der Waals surface area contributed by atoms with Crippen LogP contribution in [0.15, 0.2) is 53.5 Å². The fourth-order valence-electron chi connectivity index (χ4n) is 2.38. The summed E-state index contributed by atoms with van der Waals surface area (Å²) < 4.78 is 0. The van der Waals surface area contributed by atoms with Gasteiger partial charge in [0.15, 0.2) is 0 Å². The zero-order chi connectivity index (χ0) is 13.1. The number of benzene rings is 2. The quantitative estimate of drug-likeness (QED) is 0.911. The first kappa shape index (κ1) is 11.9. The number of nitrogens with zero attached hydrogens (tertiary/aromatic N) is 2. The van der Waals surface area contributed by atoms with Crippen LogP contribution >= 0.6 is 0 Å². The Bertz CT molecular complexity index is 607. The van der Waals surface area contributed by atoms with E-state index in [0.29, 0.717) is 6.67 Å². The van der Waals surface area contributed by atoms with Crippen molar-refractivity contribution in [1.29, 1.82) is 0 Å². The Morgan fingerprint density at radius 1 is 1.05 bits per heavy atom. The van der Waals surface area contributed by atoms with E-state index in [9.17, 15) is 5.11 Å². The lowest BCUT2D eigenvalue weighted by Crippen LogP contribution is -2.26. The average molecular weight is 252 g/mol. The Balaban J connectivity index is 1.86. The highest BCUT2D eigenvalue weighted by Gasteiger charge is 2.13. The number of aliphatic hydroxyl groups is 1. The monoisotopic (exact) mass is 252 g/mol. The first-order valence-corrected chi connectivity index (χ1v) is 6.39. The lowest BCUT2D eigenvalue weighted by Gasteiger charge is -2.27. The van der Waals surface area contributed by atoms with Crippen LogP contribution in [0.4, 0.5) is 5.69 Å². The van der Waals surface area contributed by atoms with Crippen LogP contribution in [-0.2, 0) is 13.2 Å². The van der Waals surface area contributed by atoms with E-state index in [1.165, 1.54) is 11.3 Å². The lowest BCUT2D eigenvalue weighted by molar-refractivity contribution is 0.281. The summed E-state index contributed by atoms with van der Waals surface area (Å²) in [5.41, 5.74) is 4.52. The number of para-hydroxylation sites is 1. The van der Waals surface area contributed by atoms with Gasteiger partial charge in [-0.15, -0.1) is 0 Å². The van der Waals surface area contributed by atoms with Gasteiger partial charge in [-0.25, -0.2) is 0 Å². The van der Waals surface area contributed by atoms with Crippen molar-refractivity contribution < 1.29 is 5.11 Å². The van der Waals surface area contributed by atoms with Gasteiger partial charge in [-0.1, -0.05) is 42.5 Å². The molecule has 3 heteroatoms. The summed E-state index contributed by atoms with van der Waals surface area (Å²) in [7, 11) is 0. The summed E-state index contributed by atoms with van der Waals surface area (Å²) in [5.74, 6) is 0. The highest BCUT2D eigenvalue weighted by Crippen LogP contribution is 2.24. The van der Waals surface area contributed by atoms with Crippen molar-refractivity contribution in [2.75, 3.05) is 11.6 Å². The molecule has 0 amide bonds. The van der Waals surface area contributed by atoms with E-state index in [0.717, 1.165) is 17.7 Å². The molecule has 0 unspecified atom stereocenters. The van der Waals surface area contributed by atoms with Crippen LogP contribution in [0.2, 0.25) is 0 Å². The number of hydrogen-bond donors (Lipinski definition) is 1. The first-order valence-electron chi connectivity index (χ1n) is 6.39. The summed E-state index contributed by atoms with van der Waals surface area (Å²) in [6.45, 7) is 1.57. The highest BCUT2D eigenvalue weighted by molar-refractivity contribution is 5.89. The average Bonchev–Trinajstić information content (AvgIpc) is 2.48. The van der Waals surface area contributed by atoms with Gasteiger partial charge in [0, 0.05) is 24.0 Å². The van der Waals surface area contributed by atoms with Gasteiger partial charge in [0.1, 0.15) is 6.67 Å². The number of aliphatic imine (C=N–C) groups is 1. The summed E-state index contributed by atoms with van der Waals surface area (Å²) in [4.78, 5) is 6.63. The molecule has 0 saturated carbocycles. The number of fused-ring (bicyclic) bond motifs is 1. The first-order chi connectivity index (χ1) is 9.36. The Morgan fingerprint density at radius 3 is 2.79 bits per heavy atom. The van der Waals surface area contributed by atoms with Crippen LogP contribution in [0.3, 0.4) is 0 Å². The van der Waals surface area contributed by atoms with E-state index in [-0.39, 0.29) is 6.61 Å². The fourth-order valence-corrected chi connectivity index (χ4v) is 2.38. The molecule has 1 aliphatic rings. The third kappa shape index (κ3) is 2.51. The molecule has 2 aromatic carbocycles. The van der Waals surface area contributed by atoms with Gasteiger partial charge in [0.05, 0.1) is 6.61 Å². The van der Waals surface area contributed by atoms with Gasteiger partial charge in [-0.2, -0.15) is 0 Å². The second-order valence-corrected chi connectivity index (χ2v) is 4.69. The van der Waals surface area contributed by atoms with Gasteiger partial charge >= 0.3 is 0 Å². The van der Waals surface area contributed by atoms with Crippen molar-refractivity contribution in [3.05, 3.63) is 65.2 Å². The Kier molecular flexibility index (Phi) is 3.29. The molecule has 1 N–H and O–H groups in total. The molecule has 0 saturated heterocycles. The van der Waals surface area contributed by atoms with Crippen LogP contribution in [-0.4, -0.2) is 18.0 Å². The van der Waals surface area contributed by atoms with Crippen LogP contribution < -0.4 is 4.90 Å². The molecule has 0 spiro atoms. The number of rotatable bonds is 3. The van der Waals surface area contributed by atoms with E-state index in [1.807, 2.05) is 30.5 Å². The maximum absolute atomic E-state index is 9.19. The third-order valence-corrected chi connectivity index (χ3v) is 3.31. The lowest BCUT2D eigenvalue weighted by atomic mass is 10.1. The molecule has 3 nitrogen and oxygen atoms in total. The topological polar surface area (TPSA) is 35.8 Å². The second-order valence-electron chi connectivity index (χ2n) is 4.69. The highest BCUT2D eigenvalue weighted by atomic mass is 16.3. The minimum absolute atomic E-state index is 0.0859. The molecule has 1 aliphatic heterocycles. The van der Waals surface area contributed by atoms with Gasteiger partial charge < -0.3 is 10.0 Å². The molecular formula is C16H16N2O. The number of aliphatic hydroxyl groups excluding tert-OH is 1. The molecule has 0 aromatic heterocycles. The van der Waals surface area contributed by atoms with E-state index in [4.69, 9.17) is 0 Å². The molecule has 2 aromatic rings. The molecule has 96 valence electrons. The molecule has 0 bridgehead atoms. The van der Waals surface area contributed by atoms with Crippen molar-refractivity contribution in [2.45, 2.75) is 13.2 Å². The van der Waals surface area contributed by atoms with Gasteiger partial charge in [0.25, 0.3) is 0 Å². The molecule has 1 heterocycles. The van der Waals surface area contributed by atoms with Crippen molar-refractivity contribution in [3.63, 3.8) is 0 Å². The normalized spacial score (nSPS) is 13.4. The SMILES string of the molecule is OCc1cccc(CN2CN=Cc3ccccc32)c1. The Labute approximate surface area is 112 Å². The van der Waals surface area contributed by atoms with Gasteiger partial charge in [-0.3, -0.25) is 4.99 Å². The second kappa shape index (κ2) is 5.24. The number of hydrogen-bond acceptors (Lipinski definition) is 3. The predicted octanol–water partition coefficient (Wildman–Crippen LogP) is 2.58. The van der Waals surface area contributed by atoms with Crippen molar-refractivity contribution >= 4 is 11.9 Å². The molecule has 19 heavy (non-hydrogen) atoms. The maximum Gasteiger partial charge on any atom is 0.110 e. The Morgan fingerprint density at radius 2 is 1.89 bits per heavy atom. The van der Waals surface area contributed by atoms with Gasteiger partial charge in [0.2, 0.25) is 0 Å². The van der Waals surface area contributed by atoms with E-state index in [1.54, 1.807) is 0 Å². The minimum Gasteiger partial charge on any atom is -0.392 e. The van der Waals surface area contributed by atoms with E-state index in [2.05, 4.69) is 34.2 Å². The van der Waals surface area contributed by atoms with Crippen LogP contribution in [0, 0.1) is 0 Å². The third-order valence-electron chi connectivity index (χ3n) is 3.31. The van der Waals surface area contributed by atoms with E-state index >= 15 is 0 Å². The maximum atomic E-state index is 9.19. The molecule has 3 rings (SSSR count). The Hall–Kier alpha value is -2.13. The zero-order valence-corrected chi connectivity index (χ0v) is 10.7. The van der Waals surface area contributed by atoms with Crippen molar-refractivity contribution in [3.8, 4) is 0 Å². The zero-order valence-electron chi connectivity index (χ0n) is 10.7. The van der Waals surface area contributed by atoms with Crippen molar-refractivity contribution in [1.82, 2.24) is 0 Å². The molecule has 0 aliphatic carbocycles. The van der Waals surface area contributed by atoms with Crippen LogP contribution in [0.5, 0.6) is 0 Å². The molecular weight excluding hydrogens is 236 g/mol.